The van der Waals surface area contributed by atoms with Crippen molar-refractivity contribution in [3.63, 3.8) is 0 Å². The number of carbonyl (C=O) groups excluding carboxylic acids is 1. The Morgan fingerprint density at radius 1 is 0.913 bits per heavy atom. The normalized spacial score (nSPS) is 9.91. The lowest BCUT2D eigenvalue weighted by Crippen LogP contribution is -2.20. The summed E-state index contributed by atoms with van der Waals surface area (Å²) < 4.78 is 5.23. The molecule has 0 atom stereocenters. The lowest BCUT2D eigenvalue weighted by Gasteiger charge is -2.08. The quantitative estimate of drug-likeness (QED) is 0.752. The van der Waals surface area contributed by atoms with Crippen LogP contribution in [0.1, 0.15) is 20.7 Å². The van der Waals surface area contributed by atoms with Gasteiger partial charge in [0.05, 0.1) is 11.1 Å². The largest absolute Gasteiger partial charge is 0.484 e. The van der Waals surface area contributed by atoms with Crippen molar-refractivity contribution < 1.29 is 29.3 Å². The number of rotatable bonds is 6. The second kappa shape index (κ2) is 7.08. The molecule has 0 radical (unpaired) electrons. The topological polar surface area (TPSA) is 113 Å². The molecule has 0 aromatic heterocycles. The highest BCUT2D eigenvalue weighted by Crippen LogP contribution is 2.13. The van der Waals surface area contributed by atoms with Crippen molar-refractivity contribution in [3.05, 3.63) is 59.7 Å². The predicted octanol–water partition coefficient (Wildman–Crippen LogP) is 2.10. The van der Waals surface area contributed by atoms with Gasteiger partial charge in [0.15, 0.2) is 6.61 Å². The average molecular weight is 315 g/mol. The Labute approximate surface area is 131 Å². The number of hydrogen-bond donors (Lipinski definition) is 3. The van der Waals surface area contributed by atoms with Crippen LogP contribution < -0.4 is 10.1 Å². The van der Waals surface area contributed by atoms with E-state index in [9.17, 15) is 14.4 Å². The zero-order chi connectivity index (χ0) is 16.8. The van der Waals surface area contributed by atoms with Gasteiger partial charge in [-0.05, 0) is 42.5 Å². The summed E-state index contributed by atoms with van der Waals surface area (Å²) in [6.45, 7) is -0.288. The maximum atomic E-state index is 11.8. The smallest absolute Gasteiger partial charge is 0.335 e. The Morgan fingerprint density at radius 3 is 2.17 bits per heavy atom. The highest BCUT2D eigenvalue weighted by molar-refractivity contribution is 5.94. The first-order chi connectivity index (χ1) is 11.0. The summed E-state index contributed by atoms with van der Waals surface area (Å²) in [5.74, 6) is -2.25. The molecule has 0 saturated carbocycles. The van der Waals surface area contributed by atoms with Gasteiger partial charge in [-0.3, -0.25) is 4.79 Å². The first-order valence-electron chi connectivity index (χ1n) is 6.55. The third-order valence-corrected chi connectivity index (χ3v) is 2.86. The van der Waals surface area contributed by atoms with Crippen molar-refractivity contribution in [2.24, 2.45) is 0 Å². The van der Waals surface area contributed by atoms with Crippen molar-refractivity contribution in [3.8, 4) is 5.75 Å². The third-order valence-electron chi connectivity index (χ3n) is 2.86. The second-order valence-electron chi connectivity index (χ2n) is 4.55. The highest BCUT2D eigenvalue weighted by atomic mass is 16.5. The summed E-state index contributed by atoms with van der Waals surface area (Å²) in [5.41, 5.74) is 0.528. The number of ether oxygens (including phenoxy) is 1. The molecule has 7 nitrogen and oxygen atoms in total. The average Bonchev–Trinajstić information content (AvgIpc) is 2.53. The van der Waals surface area contributed by atoms with E-state index in [0.29, 0.717) is 11.4 Å². The van der Waals surface area contributed by atoms with Gasteiger partial charge in [0.25, 0.3) is 5.91 Å². The van der Waals surface area contributed by atoms with Gasteiger partial charge in [-0.2, -0.15) is 0 Å². The summed E-state index contributed by atoms with van der Waals surface area (Å²) in [4.78, 5) is 33.3. The summed E-state index contributed by atoms with van der Waals surface area (Å²) in [6.07, 6.45) is 0. The van der Waals surface area contributed by atoms with Crippen molar-refractivity contribution in [2.45, 2.75) is 0 Å². The van der Waals surface area contributed by atoms with E-state index in [4.69, 9.17) is 14.9 Å². The van der Waals surface area contributed by atoms with Crippen LogP contribution in [0.25, 0.3) is 0 Å². The van der Waals surface area contributed by atoms with Crippen LogP contribution in [-0.4, -0.2) is 34.7 Å². The number of carboxylic acids is 2. The molecule has 0 bridgehead atoms. The van der Waals surface area contributed by atoms with Gasteiger partial charge >= 0.3 is 11.9 Å². The molecule has 2 aromatic carbocycles. The zero-order valence-corrected chi connectivity index (χ0v) is 11.9. The fourth-order valence-electron chi connectivity index (χ4n) is 1.77. The van der Waals surface area contributed by atoms with Crippen LogP contribution in [-0.2, 0) is 4.79 Å². The molecular formula is C16H13NO6. The fourth-order valence-corrected chi connectivity index (χ4v) is 1.77. The van der Waals surface area contributed by atoms with Crippen molar-refractivity contribution in [1.82, 2.24) is 0 Å². The Balaban J connectivity index is 1.91. The molecular weight excluding hydrogens is 302 g/mol. The summed E-state index contributed by atoms with van der Waals surface area (Å²) in [7, 11) is 0. The van der Waals surface area contributed by atoms with E-state index < -0.39 is 17.8 Å². The fraction of sp³-hybridized carbons (Fsp3) is 0.0625. The SMILES string of the molecule is O=C(COc1ccc(C(=O)O)cc1)Nc1cccc(C(=O)O)c1. The number of aromatic carboxylic acids is 2. The van der Waals surface area contributed by atoms with E-state index in [1.54, 1.807) is 6.07 Å². The molecule has 23 heavy (non-hydrogen) atoms. The number of amides is 1. The maximum Gasteiger partial charge on any atom is 0.335 e. The molecule has 2 aromatic rings. The Bertz CT molecular complexity index is 738. The van der Waals surface area contributed by atoms with Gasteiger partial charge in [0.2, 0.25) is 0 Å². The molecule has 1 amide bonds. The van der Waals surface area contributed by atoms with E-state index in [1.807, 2.05) is 0 Å². The van der Waals surface area contributed by atoms with E-state index in [2.05, 4.69) is 5.32 Å². The van der Waals surface area contributed by atoms with Crippen LogP contribution in [0, 0.1) is 0 Å². The first-order valence-corrected chi connectivity index (χ1v) is 6.55. The van der Waals surface area contributed by atoms with E-state index >= 15 is 0 Å². The molecule has 0 spiro atoms. The number of carbonyl (C=O) groups is 3. The first kappa shape index (κ1) is 16.0. The number of benzene rings is 2. The Morgan fingerprint density at radius 2 is 1.57 bits per heavy atom. The van der Waals surface area contributed by atoms with Gasteiger partial charge in [0, 0.05) is 5.69 Å². The van der Waals surface area contributed by atoms with Gasteiger partial charge in [-0.1, -0.05) is 6.07 Å². The Kier molecular flexibility index (Phi) is 4.93. The predicted molar refractivity (Wildman–Crippen MR) is 80.9 cm³/mol. The van der Waals surface area contributed by atoms with Crippen LogP contribution in [0.5, 0.6) is 5.75 Å². The molecule has 0 saturated heterocycles. The molecule has 0 aliphatic heterocycles. The van der Waals surface area contributed by atoms with E-state index in [0.717, 1.165) is 0 Å². The second-order valence-corrected chi connectivity index (χ2v) is 4.55. The summed E-state index contributed by atoms with van der Waals surface area (Å²) in [6, 6.07) is 11.5. The van der Waals surface area contributed by atoms with Crippen LogP contribution >= 0.6 is 0 Å². The maximum absolute atomic E-state index is 11.8. The van der Waals surface area contributed by atoms with Crippen molar-refractivity contribution in [1.29, 1.82) is 0 Å². The van der Waals surface area contributed by atoms with Crippen LogP contribution in [0.15, 0.2) is 48.5 Å². The van der Waals surface area contributed by atoms with Gasteiger partial charge in [-0.15, -0.1) is 0 Å². The number of nitrogens with one attached hydrogen (secondary N) is 1. The molecule has 7 heteroatoms. The van der Waals surface area contributed by atoms with Gasteiger partial charge in [0.1, 0.15) is 5.75 Å². The monoisotopic (exact) mass is 315 g/mol. The lowest BCUT2D eigenvalue weighted by atomic mass is 10.2. The molecule has 0 heterocycles. The minimum Gasteiger partial charge on any atom is -0.484 e. The molecule has 0 aliphatic rings. The number of carboxylic acid groups (broad SMARTS) is 2. The van der Waals surface area contributed by atoms with Crippen LogP contribution in [0.4, 0.5) is 5.69 Å². The third kappa shape index (κ3) is 4.57. The molecule has 118 valence electrons. The summed E-state index contributed by atoms with van der Waals surface area (Å²) in [5, 5.41) is 20.2. The minimum absolute atomic E-state index is 0.0629. The number of hydrogen-bond acceptors (Lipinski definition) is 4. The van der Waals surface area contributed by atoms with Crippen molar-refractivity contribution >= 4 is 23.5 Å². The molecule has 3 N–H and O–H groups in total. The molecule has 2 rings (SSSR count). The molecule has 0 unspecified atom stereocenters. The standard InChI is InChI=1S/C16H13NO6/c18-14(17-12-3-1-2-11(8-12)16(21)22)9-23-13-6-4-10(5-7-13)15(19)20/h1-8H,9H2,(H,17,18)(H,19,20)(H,21,22). The number of anilines is 1. The van der Waals surface area contributed by atoms with E-state index in [1.165, 1.54) is 42.5 Å². The molecule has 0 aliphatic carbocycles. The zero-order valence-electron chi connectivity index (χ0n) is 11.9. The minimum atomic E-state index is -1.09. The Hall–Kier alpha value is -3.35. The van der Waals surface area contributed by atoms with Gasteiger partial charge < -0.3 is 20.3 Å². The lowest BCUT2D eigenvalue weighted by molar-refractivity contribution is -0.118. The van der Waals surface area contributed by atoms with Crippen molar-refractivity contribution in [2.75, 3.05) is 11.9 Å². The highest BCUT2D eigenvalue weighted by Gasteiger charge is 2.08. The molecule has 0 fully saturated rings. The summed E-state index contributed by atoms with van der Waals surface area (Å²) >= 11 is 0. The van der Waals surface area contributed by atoms with Crippen LogP contribution in [0.2, 0.25) is 0 Å². The van der Waals surface area contributed by atoms with E-state index in [-0.39, 0.29) is 17.7 Å². The van der Waals surface area contributed by atoms with Gasteiger partial charge in [-0.25, -0.2) is 9.59 Å². The van der Waals surface area contributed by atoms with Crippen LogP contribution in [0.3, 0.4) is 0 Å².